The van der Waals surface area contributed by atoms with Crippen LogP contribution >= 0.6 is 0 Å². The minimum atomic E-state index is -4.09. The highest BCUT2D eigenvalue weighted by atomic mass is 19.4. The summed E-state index contributed by atoms with van der Waals surface area (Å²) in [4.78, 5) is 0. The maximum atomic E-state index is 11.7. The van der Waals surface area contributed by atoms with Crippen LogP contribution in [0.3, 0.4) is 0 Å². The summed E-state index contributed by atoms with van der Waals surface area (Å²) in [5, 5.41) is 3.20. The summed E-state index contributed by atoms with van der Waals surface area (Å²) in [7, 11) is 0. The van der Waals surface area contributed by atoms with E-state index < -0.39 is 12.6 Å². The van der Waals surface area contributed by atoms with Crippen LogP contribution in [0.1, 0.15) is 19.3 Å². The van der Waals surface area contributed by atoms with E-state index >= 15 is 0 Å². The lowest BCUT2D eigenvalue weighted by atomic mass is 10.1. The number of hydrogen-bond acceptors (Lipinski definition) is 2. The minimum Gasteiger partial charge on any atom is -0.381 e. The predicted molar refractivity (Wildman–Crippen MR) is 47.1 cm³/mol. The number of alkyl halides is 3. The molecule has 14 heavy (non-hydrogen) atoms. The molecule has 1 aliphatic rings. The Labute approximate surface area is 81.8 Å². The van der Waals surface area contributed by atoms with Gasteiger partial charge in [-0.15, -0.1) is 0 Å². The van der Waals surface area contributed by atoms with Crippen molar-refractivity contribution in [2.45, 2.75) is 25.4 Å². The fourth-order valence-electron chi connectivity index (χ4n) is 1.50. The van der Waals surface area contributed by atoms with Crippen LogP contribution in [0.4, 0.5) is 13.2 Å². The van der Waals surface area contributed by atoms with Gasteiger partial charge in [-0.25, -0.2) is 0 Å². The molecule has 0 aromatic rings. The van der Waals surface area contributed by atoms with Crippen LogP contribution in [0.15, 0.2) is 0 Å². The quantitative estimate of drug-likeness (QED) is 0.702. The summed E-state index contributed by atoms with van der Waals surface area (Å²) in [5.74, 6) is 0.584. The van der Waals surface area contributed by atoms with Gasteiger partial charge in [0, 0.05) is 6.61 Å². The molecule has 0 spiro atoms. The maximum absolute atomic E-state index is 11.7. The molecule has 1 rings (SSSR count). The van der Waals surface area contributed by atoms with E-state index in [1.807, 2.05) is 0 Å². The number of ether oxygens (including phenoxy) is 1. The first-order valence-electron chi connectivity index (χ1n) is 4.93. The molecule has 1 unspecified atom stereocenters. The molecule has 0 bridgehead atoms. The van der Waals surface area contributed by atoms with Crippen molar-refractivity contribution in [2.75, 3.05) is 26.3 Å². The summed E-state index contributed by atoms with van der Waals surface area (Å²) in [6.45, 7) is 2.24. The van der Waals surface area contributed by atoms with Crippen LogP contribution in [0.5, 0.6) is 0 Å². The van der Waals surface area contributed by atoms with Gasteiger partial charge in [0.2, 0.25) is 0 Å². The van der Waals surface area contributed by atoms with E-state index in [1.165, 1.54) is 0 Å². The van der Waals surface area contributed by atoms with Gasteiger partial charge in [0.05, 0.1) is 13.0 Å². The Bertz CT molecular complexity index is 155. The van der Waals surface area contributed by atoms with Gasteiger partial charge < -0.3 is 10.1 Å². The molecule has 1 heterocycles. The third-order valence-electron chi connectivity index (χ3n) is 2.36. The molecule has 1 aliphatic heterocycles. The largest absolute Gasteiger partial charge is 0.391 e. The SMILES string of the molecule is FC(F)(F)CCOCCC1CCNC1. The zero-order valence-electron chi connectivity index (χ0n) is 8.07. The zero-order chi connectivity index (χ0) is 10.4. The second-order valence-corrected chi connectivity index (χ2v) is 3.63. The topological polar surface area (TPSA) is 21.3 Å². The molecule has 1 atom stereocenters. The van der Waals surface area contributed by atoms with Gasteiger partial charge in [0.25, 0.3) is 0 Å². The smallest absolute Gasteiger partial charge is 0.381 e. The molecule has 0 aliphatic carbocycles. The first-order chi connectivity index (χ1) is 6.58. The normalized spacial score (nSPS) is 22.9. The van der Waals surface area contributed by atoms with Gasteiger partial charge in [-0.2, -0.15) is 13.2 Å². The van der Waals surface area contributed by atoms with Gasteiger partial charge in [0.15, 0.2) is 0 Å². The summed E-state index contributed by atoms with van der Waals surface area (Å²) < 4.78 is 40.0. The lowest BCUT2D eigenvalue weighted by Gasteiger charge is -2.09. The van der Waals surface area contributed by atoms with Gasteiger partial charge in [-0.3, -0.25) is 0 Å². The molecular weight excluding hydrogens is 195 g/mol. The van der Waals surface area contributed by atoms with Crippen LogP contribution in [0, 0.1) is 5.92 Å². The third kappa shape index (κ3) is 5.44. The monoisotopic (exact) mass is 211 g/mol. The van der Waals surface area contributed by atoms with E-state index in [4.69, 9.17) is 4.74 Å². The van der Waals surface area contributed by atoms with E-state index in [0.717, 1.165) is 25.9 Å². The van der Waals surface area contributed by atoms with Crippen LogP contribution in [0.25, 0.3) is 0 Å². The Morgan fingerprint density at radius 1 is 1.29 bits per heavy atom. The van der Waals surface area contributed by atoms with Crippen LogP contribution < -0.4 is 5.32 Å². The summed E-state index contributed by atoms with van der Waals surface area (Å²) in [6, 6.07) is 0. The number of rotatable bonds is 5. The van der Waals surface area contributed by atoms with Crippen molar-refractivity contribution in [3.8, 4) is 0 Å². The molecule has 0 aromatic heterocycles. The molecule has 84 valence electrons. The van der Waals surface area contributed by atoms with Crippen LogP contribution in [-0.2, 0) is 4.74 Å². The van der Waals surface area contributed by atoms with E-state index in [0.29, 0.717) is 12.5 Å². The molecular formula is C9H16F3NO. The highest BCUT2D eigenvalue weighted by Crippen LogP contribution is 2.19. The van der Waals surface area contributed by atoms with Crippen LogP contribution in [0.2, 0.25) is 0 Å². The Balaban J connectivity index is 1.89. The van der Waals surface area contributed by atoms with Gasteiger partial charge in [-0.1, -0.05) is 0 Å². The third-order valence-corrected chi connectivity index (χ3v) is 2.36. The summed E-state index contributed by atoms with van der Waals surface area (Å²) in [5.41, 5.74) is 0. The Hall–Kier alpha value is -0.290. The Kier molecular flexibility index (Phi) is 4.68. The lowest BCUT2D eigenvalue weighted by molar-refractivity contribution is -0.145. The fourth-order valence-corrected chi connectivity index (χ4v) is 1.50. The van der Waals surface area contributed by atoms with E-state index in [2.05, 4.69) is 5.32 Å². The molecule has 0 amide bonds. The molecule has 1 saturated heterocycles. The molecule has 0 radical (unpaired) electrons. The van der Waals surface area contributed by atoms with Crippen molar-refractivity contribution in [2.24, 2.45) is 5.92 Å². The second kappa shape index (κ2) is 5.56. The molecule has 2 nitrogen and oxygen atoms in total. The average molecular weight is 211 g/mol. The maximum Gasteiger partial charge on any atom is 0.391 e. The van der Waals surface area contributed by atoms with E-state index in [1.54, 1.807) is 0 Å². The zero-order valence-corrected chi connectivity index (χ0v) is 8.07. The second-order valence-electron chi connectivity index (χ2n) is 3.63. The van der Waals surface area contributed by atoms with Gasteiger partial charge >= 0.3 is 6.18 Å². The van der Waals surface area contributed by atoms with Crippen molar-refractivity contribution in [1.29, 1.82) is 0 Å². The molecule has 0 aromatic carbocycles. The van der Waals surface area contributed by atoms with E-state index in [-0.39, 0.29) is 6.61 Å². The van der Waals surface area contributed by atoms with Crippen LogP contribution in [-0.4, -0.2) is 32.5 Å². The molecule has 0 saturated carbocycles. The number of halogens is 3. The first-order valence-corrected chi connectivity index (χ1v) is 4.93. The van der Waals surface area contributed by atoms with Crippen molar-refractivity contribution < 1.29 is 17.9 Å². The highest BCUT2D eigenvalue weighted by Gasteiger charge is 2.26. The average Bonchev–Trinajstić information content (AvgIpc) is 2.54. The predicted octanol–water partition coefficient (Wildman–Crippen LogP) is 1.95. The number of nitrogens with one attached hydrogen (secondary N) is 1. The van der Waals surface area contributed by atoms with Crippen molar-refractivity contribution in [3.63, 3.8) is 0 Å². The minimum absolute atomic E-state index is 0.205. The summed E-state index contributed by atoms with van der Waals surface area (Å²) >= 11 is 0. The number of hydrogen-bond donors (Lipinski definition) is 1. The van der Waals surface area contributed by atoms with Crippen molar-refractivity contribution in [1.82, 2.24) is 5.32 Å². The fraction of sp³-hybridized carbons (Fsp3) is 1.00. The lowest BCUT2D eigenvalue weighted by Crippen LogP contribution is -2.14. The molecule has 1 N–H and O–H groups in total. The van der Waals surface area contributed by atoms with Crippen molar-refractivity contribution >= 4 is 0 Å². The highest BCUT2D eigenvalue weighted by molar-refractivity contribution is 4.70. The first kappa shape index (κ1) is 11.8. The molecule has 5 heteroatoms. The molecule has 1 fully saturated rings. The van der Waals surface area contributed by atoms with Gasteiger partial charge in [-0.05, 0) is 31.8 Å². The Morgan fingerprint density at radius 3 is 2.64 bits per heavy atom. The van der Waals surface area contributed by atoms with E-state index in [9.17, 15) is 13.2 Å². The Morgan fingerprint density at radius 2 is 2.07 bits per heavy atom. The van der Waals surface area contributed by atoms with Crippen molar-refractivity contribution in [3.05, 3.63) is 0 Å². The van der Waals surface area contributed by atoms with Gasteiger partial charge in [0.1, 0.15) is 0 Å². The summed E-state index contributed by atoms with van der Waals surface area (Å²) in [6.07, 6.45) is -2.95. The standard InChI is InChI=1S/C9H16F3NO/c10-9(11,12)3-6-14-5-2-8-1-4-13-7-8/h8,13H,1-7H2.